The van der Waals surface area contributed by atoms with Crippen LogP contribution in [0.2, 0.25) is 5.02 Å². The van der Waals surface area contributed by atoms with Crippen LogP contribution in [0.25, 0.3) is 0 Å². The zero-order valence-electron chi connectivity index (χ0n) is 10.4. The van der Waals surface area contributed by atoms with Crippen molar-refractivity contribution in [2.45, 2.75) is 31.7 Å². The van der Waals surface area contributed by atoms with E-state index < -0.39 is 11.9 Å². The third-order valence-electron chi connectivity index (χ3n) is 3.51. The summed E-state index contributed by atoms with van der Waals surface area (Å²) >= 11 is 5.76. The zero-order valence-corrected chi connectivity index (χ0v) is 11.2. The summed E-state index contributed by atoms with van der Waals surface area (Å²) in [7, 11) is 0. The van der Waals surface area contributed by atoms with Gasteiger partial charge in [0.15, 0.2) is 0 Å². The summed E-state index contributed by atoms with van der Waals surface area (Å²) in [5.74, 6) is -1.55. The van der Waals surface area contributed by atoms with E-state index in [9.17, 15) is 9.59 Å². The number of carbonyl (C=O) groups excluding carboxylic acids is 1. The van der Waals surface area contributed by atoms with Crippen molar-refractivity contribution in [1.82, 2.24) is 5.32 Å². The molecule has 2 atom stereocenters. The molecule has 19 heavy (non-hydrogen) atoms. The highest BCUT2D eigenvalue weighted by atomic mass is 35.5. The number of amides is 1. The van der Waals surface area contributed by atoms with Crippen molar-refractivity contribution < 1.29 is 14.7 Å². The van der Waals surface area contributed by atoms with E-state index in [1.807, 2.05) is 0 Å². The second kappa shape index (κ2) is 6.06. The van der Waals surface area contributed by atoms with Crippen LogP contribution < -0.4 is 5.32 Å². The van der Waals surface area contributed by atoms with Gasteiger partial charge >= 0.3 is 5.97 Å². The van der Waals surface area contributed by atoms with Gasteiger partial charge in [-0.25, -0.2) is 0 Å². The van der Waals surface area contributed by atoms with Gasteiger partial charge in [-0.05, 0) is 37.1 Å². The molecule has 5 heteroatoms. The number of rotatable bonds is 3. The minimum absolute atomic E-state index is 0.241. The van der Waals surface area contributed by atoms with Gasteiger partial charge in [0.2, 0.25) is 0 Å². The molecule has 102 valence electrons. The smallest absolute Gasteiger partial charge is 0.308 e. The molecule has 2 rings (SSSR count). The molecule has 0 aromatic heterocycles. The van der Waals surface area contributed by atoms with Gasteiger partial charge in [0.25, 0.3) is 5.91 Å². The van der Waals surface area contributed by atoms with Gasteiger partial charge in [0.1, 0.15) is 0 Å². The number of benzene rings is 1. The average Bonchev–Trinajstić information content (AvgIpc) is 2.39. The number of aliphatic carboxylic acids is 1. The van der Waals surface area contributed by atoms with Gasteiger partial charge < -0.3 is 10.4 Å². The molecule has 2 unspecified atom stereocenters. The van der Waals surface area contributed by atoms with Gasteiger partial charge in [-0.3, -0.25) is 9.59 Å². The van der Waals surface area contributed by atoms with Crippen molar-refractivity contribution in [3.63, 3.8) is 0 Å². The highest BCUT2D eigenvalue weighted by Crippen LogP contribution is 2.25. The summed E-state index contributed by atoms with van der Waals surface area (Å²) in [6, 6.07) is 6.28. The topological polar surface area (TPSA) is 66.4 Å². The SMILES string of the molecule is O=C(NC1CCCCC1C(=O)O)c1ccc(Cl)cc1. The lowest BCUT2D eigenvalue weighted by Gasteiger charge is -2.29. The molecule has 1 amide bonds. The minimum atomic E-state index is -0.832. The summed E-state index contributed by atoms with van der Waals surface area (Å²) in [5.41, 5.74) is 0.499. The Kier molecular flexibility index (Phi) is 4.43. The van der Waals surface area contributed by atoms with Crippen LogP contribution in [-0.4, -0.2) is 23.0 Å². The Morgan fingerprint density at radius 1 is 1.16 bits per heavy atom. The minimum Gasteiger partial charge on any atom is -0.481 e. The first kappa shape index (κ1) is 13.9. The fourth-order valence-corrected chi connectivity index (χ4v) is 2.58. The number of halogens is 1. The first-order chi connectivity index (χ1) is 9.08. The van der Waals surface area contributed by atoms with E-state index in [1.54, 1.807) is 24.3 Å². The lowest BCUT2D eigenvalue weighted by Crippen LogP contribution is -2.45. The van der Waals surface area contributed by atoms with Crippen LogP contribution in [-0.2, 0) is 4.79 Å². The van der Waals surface area contributed by atoms with Crippen LogP contribution in [0.15, 0.2) is 24.3 Å². The molecule has 2 N–H and O–H groups in total. The number of hydrogen-bond donors (Lipinski definition) is 2. The lowest BCUT2D eigenvalue weighted by molar-refractivity contribution is -0.143. The van der Waals surface area contributed by atoms with Crippen molar-refractivity contribution in [3.8, 4) is 0 Å². The Morgan fingerprint density at radius 2 is 1.79 bits per heavy atom. The second-order valence-electron chi connectivity index (χ2n) is 4.82. The van der Waals surface area contributed by atoms with Crippen molar-refractivity contribution in [2.75, 3.05) is 0 Å². The average molecular weight is 282 g/mol. The molecular formula is C14H16ClNO3. The van der Waals surface area contributed by atoms with Crippen LogP contribution in [0.3, 0.4) is 0 Å². The van der Waals surface area contributed by atoms with Crippen LogP contribution in [0.4, 0.5) is 0 Å². The van der Waals surface area contributed by atoms with E-state index in [0.29, 0.717) is 17.0 Å². The van der Waals surface area contributed by atoms with Gasteiger partial charge in [-0.1, -0.05) is 24.4 Å². The number of nitrogens with one attached hydrogen (secondary N) is 1. The lowest BCUT2D eigenvalue weighted by atomic mass is 9.84. The number of carboxylic acids is 1. The third-order valence-corrected chi connectivity index (χ3v) is 3.76. The highest BCUT2D eigenvalue weighted by Gasteiger charge is 2.31. The van der Waals surface area contributed by atoms with E-state index in [4.69, 9.17) is 16.7 Å². The van der Waals surface area contributed by atoms with Crippen molar-refractivity contribution in [1.29, 1.82) is 0 Å². The molecule has 0 spiro atoms. The van der Waals surface area contributed by atoms with Crippen LogP contribution >= 0.6 is 11.6 Å². The molecule has 0 radical (unpaired) electrons. The maximum absolute atomic E-state index is 12.0. The highest BCUT2D eigenvalue weighted by molar-refractivity contribution is 6.30. The standard InChI is InChI=1S/C14H16ClNO3/c15-10-7-5-9(6-8-10)13(17)16-12-4-2-1-3-11(12)14(18)19/h5-8,11-12H,1-4H2,(H,16,17)(H,18,19). The Hall–Kier alpha value is -1.55. The number of carboxylic acid groups (broad SMARTS) is 1. The van der Waals surface area contributed by atoms with Gasteiger partial charge in [-0.2, -0.15) is 0 Å². The second-order valence-corrected chi connectivity index (χ2v) is 5.25. The molecule has 1 aliphatic rings. The summed E-state index contributed by atoms with van der Waals surface area (Å²) in [4.78, 5) is 23.2. The van der Waals surface area contributed by atoms with E-state index in [-0.39, 0.29) is 11.9 Å². The fraction of sp³-hybridized carbons (Fsp3) is 0.429. The van der Waals surface area contributed by atoms with Gasteiger partial charge in [0, 0.05) is 16.6 Å². The van der Waals surface area contributed by atoms with Crippen LogP contribution in [0.1, 0.15) is 36.0 Å². The monoisotopic (exact) mass is 281 g/mol. The molecular weight excluding hydrogens is 266 g/mol. The van der Waals surface area contributed by atoms with Crippen LogP contribution in [0, 0.1) is 5.92 Å². The van der Waals surface area contributed by atoms with Gasteiger partial charge in [-0.15, -0.1) is 0 Å². The first-order valence-corrected chi connectivity index (χ1v) is 6.75. The molecule has 1 aliphatic carbocycles. The first-order valence-electron chi connectivity index (χ1n) is 6.37. The van der Waals surface area contributed by atoms with Crippen molar-refractivity contribution in [3.05, 3.63) is 34.9 Å². The predicted molar refractivity (Wildman–Crippen MR) is 72.3 cm³/mol. The molecule has 1 saturated carbocycles. The molecule has 1 fully saturated rings. The zero-order chi connectivity index (χ0) is 13.8. The summed E-state index contributed by atoms with van der Waals surface area (Å²) in [5, 5.41) is 12.6. The summed E-state index contributed by atoms with van der Waals surface area (Å²) in [6.45, 7) is 0. The molecule has 0 heterocycles. The predicted octanol–water partition coefficient (Wildman–Crippen LogP) is 2.71. The van der Waals surface area contributed by atoms with E-state index in [1.165, 1.54) is 0 Å². The molecule has 4 nitrogen and oxygen atoms in total. The number of carbonyl (C=O) groups is 2. The van der Waals surface area contributed by atoms with Crippen LogP contribution in [0.5, 0.6) is 0 Å². The molecule has 1 aromatic rings. The fourth-order valence-electron chi connectivity index (χ4n) is 2.45. The molecule has 0 aliphatic heterocycles. The summed E-state index contributed by atoms with van der Waals surface area (Å²) in [6.07, 6.45) is 3.21. The molecule has 0 bridgehead atoms. The molecule has 1 aromatic carbocycles. The Bertz CT molecular complexity index is 472. The normalized spacial score (nSPS) is 22.8. The Balaban J connectivity index is 2.04. The van der Waals surface area contributed by atoms with E-state index >= 15 is 0 Å². The quantitative estimate of drug-likeness (QED) is 0.895. The molecule has 0 saturated heterocycles. The Labute approximate surface area is 116 Å². The van der Waals surface area contributed by atoms with Crippen molar-refractivity contribution in [2.24, 2.45) is 5.92 Å². The number of hydrogen-bond acceptors (Lipinski definition) is 2. The van der Waals surface area contributed by atoms with Crippen molar-refractivity contribution >= 4 is 23.5 Å². The Morgan fingerprint density at radius 3 is 2.42 bits per heavy atom. The largest absolute Gasteiger partial charge is 0.481 e. The van der Waals surface area contributed by atoms with E-state index in [0.717, 1.165) is 19.3 Å². The summed E-state index contributed by atoms with van der Waals surface area (Å²) < 4.78 is 0. The van der Waals surface area contributed by atoms with E-state index in [2.05, 4.69) is 5.32 Å². The maximum atomic E-state index is 12.0. The third kappa shape index (κ3) is 3.47. The van der Waals surface area contributed by atoms with Gasteiger partial charge in [0.05, 0.1) is 5.92 Å². The maximum Gasteiger partial charge on any atom is 0.308 e.